The molecule has 0 aromatic heterocycles. The highest BCUT2D eigenvalue weighted by molar-refractivity contribution is 7.98. The zero-order chi connectivity index (χ0) is 28.5. The monoisotopic (exact) mass is 553 g/mol. The number of rotatable bonds is 19. The molecule has 1 rings (SSSR count). The third kappa shape index (κ3) is 12.9. The zero-order valence-corrected chi connectivity index (χ0v) is 22.4. The molecule has 1 aromatic rings. The number of hydrogen-bond acceptors (Lipinski definition) is 8. The van der Waals surface area contributed by atoms with Crippen LogP contribution in [0.4, 0.5) is 0 Å². The smallest absolute Gasteiger partial charge is 0.326 e. The molecule has 0 bridgehead atoms. The van der Waals surface area contributed by atoms with Gasteiger partial charge in [-0.05, 0) is 62.6 Å². The van der Waals surface area contributed by atoms with Crippen LogP contribution in [0.3, 0.4) is 0 Å². The predicted octanol–water partition coefficient (Wildman–Crippen LogP) is -0.158. The standard InChI is InChI=1S/C25H39N5O7S/c1-38-14-12-19(24(35)30-20(25(36)37)9-5-6-13-26)29-23(34)18(10-11-21(31)32)28-22(33)17(27)15-16-7-3-2-4-8-16/h2-4,7-8,17-20H,5-6,9-15,26-27H2,1H3,(H,28,33)(H,29,34)(H,30,35)(H,31,32)(H,36,37). The maximum Gasteiger partial charge on any atom is 0.326 e. The molecule has 4 unspecified atom stereocenters. The quantitative estimate of drug-likeness (QED) is 0.112. The average molecular weight is 554 g/mol. The minimum absolute atomic E-state index is 0.179. The van der Waals surface area contributed by atoms with E-state index >= 15 is 0 Å². The lowest BCUT2D eigenvalue weighted by Gasteiger charge is -2.25. The molecule has 12 nitrogen and oxygen atoms in total. The first-order chi connectivity index (χ1) is 18.1. The zero-order valence-electron chi connectivity index (χ0n) is 21.6. The van der Waals surface area contributed by atoms with Crippen LogP contribution >= 0.6 is 11.8 Å². The van der Waals surface area contributed by atoms with Crippen LogP contribution < -0.4 is 27.4 Å². The Morgan fingerprint density at radius 2 is 1.42 bits per heavy atom. The molecule has 0 saturated heterocycles. The number of carboxylic acid groups (broad SMARTS) is 2. The van der Waals surface area contributed by atoms with Crippen LogP contribution in [0.25, 0.3) is 0 Å². The topological polar surface area (TPSA) is 214 Å². The van der Waals surface area contributed by atoms with Gasteiger partial charge in [0, 0.05) is 6.42 Å². The van der Waals surface area contributed by atoms with Crippen LogP contribution in [0.15, 0.2) is 30.3 Å². The van der Waals surface area contributed by atoms with Gasteiger partial charge >= 0.3 is 11.9 Å². The molecule has 0 aliphatic carbocycles. The van der Waals surface area contributed by atoms with Gasteiger partial charge in [0.1, 0.15) is 18.1 Å². The molecule has 9 N–H and O–H groups in total. The molecular weight excluding hydrogens is 514 g/mol. The Bertz CT molecular complexity index is 919. The van der Waals surface area contributed by atoms with Crippen LogP contribution in [-0.2, 0) is 30.4 Å². The summed E-state index contributed by atoms with van der Waals surface area (Å²) in [6.45, 7) is 0.394. The summed E-state index contributed by atoms with van der Waals surface area (Å²) >= 11 is 1.43. The summed E-state index contributed by atoms with van der Waals surface area (Å²) in [6.07, 6.45) is 2.87. The number of carboxylic acids is 2. The lowest BCUT2D eigenvalue weighted by Crippen LogP contribution is -2.57. The molecular formula is C25H39N5O7S. The van der Waals surface area contributed by atoms with Crippen molar-refractivity contribution in [3.8, 4) is 0 Å². The molecule has 0 aliphatic rings. The van der Waals surface area contributed by atoms with Gasteiger partial charge in [0.05, 0.1) is 6.04 Å². The molecule has 13 heteroatoms. The predicted molar refractivity (Wildman–Crippen MR) is 144 cm³/mol. The van der Waals surface area contributed by atoms with Crippen molar-refractivity contribution in [1.29, 1.82) is 0 Å². The van der Waals surface area contributed by atoms with Crippen molar-refractivity contribution in [2.75, 3.05) is 18.6 Å². The van der Waals surface area contributed by atoms with Gasteiger partial charge in [-0.15, -0.1) is 0 Å². The van der Waals surface area contributed by atoms with E-state index in [0.29, 0.717) is 25.1 Å². The van der Waals surface area contributed by atoms with E-state index < -0.39 is 60.2 Å². The maximum absolute atomic E-state index is 13.1. The third-order valence-electron chi connectivity index (χ3n) is 5.72. The highest BCUT2D eigenvalue weighted by Crippen LogP contribution is 2.08. The number of unbranched alkanes of at least 4 members (excludes halogenated alkanes) is 1. The normalized spacial score (nSPS) is 14.0. The number of aliphatic carboxylic acids is 2. The van der Waals surface area contributed by atoms with Gasteiger partial charge in [0.15, 0.2) is 0 Å². The first-order valence-electron chi connectivity index (χ1n) is 12.4. The second kappa shape index (κ2) is 18.2. The molecule has 0 heterocycles. The largest absolute Gasteiger partial charge is 0.481 e. The van der Waals surface area contributed by atoms with Gasteiger partial charge in [-0.1, -0.05) is 30.3 Å². The van der Waals surface area contributed by atoms with Gasteiger partial charge in [-0.3, -0.25) is 19.2 Å². The van der Waals surface area contributed by atoms with E-state index in [1.54, 1.807) is 24.3 Å². The van der Waals surface area contributed by atoms with E-state index in [1.165, 1.54) is 11.8 Å². The highest BCUT2D eigenvalue weighted by Gasteiger charge is 2.30. The molecule has 3 amide bonds. The van der Waals surface area contributed by atoms with Crippen LogP contribution in [-0.4, -0.2) is 82.6 Å². The van der Waals surface area contributed by atoms with Crippen LogP contribution in [0.1, 0.15) is 44.1 Å². The van der Waals surface area contributed by atoms with Crippen molar-refractivity contribution >= 4 is 41.4 Å². The van der Waals surface area contributed by atoms with E-state index in [-0.39, 0.29) is 25.7 Å². The summed E-state index contributed by atoms with van der Waals surface area (Å²) in [5, 5.41) is 26.1. The lowest BCUT2D eigenvalue weighted by atomic mass is 10.0. The van der Waals surface area contributed by atoms with Crippen LogP contribution in [0.5, 0.6) is 0 Å². The van der Waals surface area contributed by atoms with Crippen LogP contribution in [0, 0.1) is 0 Å². The van der Waals surface area contributed by atoms with Gasteiger partial charge < -0.3 is 37.6 Å². The maximum atomic E-state index is 13.1. The molecule has 212 valence electrons. The number of nitrogens with two attached hydrogens (primary N) is 2. The third-order valence-corrected chi connectivity index (χ3v) is 6.36. The number of hydrogen-bond donors (Lipinski definition) is 7. The van der Waals surface area contributed by atoms with E-state index in [1.807, 2.05) is 12.3 Å². The summed E-state index contributed by atoms with van der Waals surface area (Å²) in [5.41, 5.74) is 12.3. The summed E-state index contributed by atoms with van der Waals surface area (Å²) in [5.74, 6) is -3.97. The fourth-order valence-electron chi connectivity index (χ4n) is 3.58. The van der Waals surface area contributed by atoms with E-state index in [4.69, 9.17) is 16.6 Å². The summed E-state index contributed by atoms with van der Waals surface area (Å²) in [6, 6.07) is 4.54. The molecule has 1 aromatic carbocycles. The molecule has 0 spiro atoms. The Labute approximate surface area is 226 Å². The van der Waals surface area contributed by atoms with E-state index in [2.05, 4.69) is 16.0 Å². The molecule has 0 aliphatic heterocycles. The summed E-state index contributed by atoms with van der Waals surface area (Å²) < 4.78 is 0. The molecule has 38 heavy (non-hydrogen) atoms. The molecule has 0 saturated carbocycles. The highest BCUT2D eigenvalue weighted by atomic mass is 32.2. The number of carbonyl (C=O) groups excluding carboxylic acids is 3. The summed E-state index contributed by atoms with van der Waals surface area (Å²) in [7, 11) is 0. The fourth-order valence-corrected chi connectivity index (χ4v) is 4.05. The van der Waals surface area contributed by atoms with Gasteiger partial charge in [-0.2, -0.15) is 11.8 Å². The first kappa shape index (κ1) is 32.9. The number of carbonyl (C=O) groups is 5. The number of amides is 3. The van der Waals surface area contributed by atoms with Gasteiger partial charge in [0.25, 0.3) is 0 Å². The van der Waals surface area contributed by atoms with Gasteiger partial charge in [-0.25, -0.2) is 4.79 Å². The second-order valence-electron chi connectivity index (χ2n) is 8.82. The van der Waals surface area contributed by atoms with Crippen molar-refractivity contribution in [3.63, 3.8) is 0 Å². The Kier molecular flexibility index (Phi) is 15.7. The lowest BCUT2D eigenvalue weighted by molar-refractivity contribution is -0.142. The molecule has 4 atom stereocenters. The summed E-state index contributed by atoms with van der Waals surface area (Å²) in [4.78, 5) is 61.5. The Morgan fingerprint density at radius 3 is 1.97 bits per heavy atom. The SMILES string of the molecule is CSCCC(NC(=O)C(CCC(=O)O)NC(=O)C(N)Cc1ccccc1)C(=O)NC(CCCCN)C(=O)O. The minimum atomic E-state index is -1.26. The number of benzene rings is 1. The minimum Gasteiger partial charge on any atom is -0.481 e. The van der Waals surface area contributed by atoms with Gasteiger partial charge in [0.2, 0.25) is 17.7 Å². The Morgan fingerprint density at radius 1 is 0.842 bits per heavy atom. The molecule has 0 radical (unpaired) electrons. The van der Waals surface area contributed by atoms with Crippen molar-refractivity contribution in [2.45, 2.75) is 69.1 Å². The average Bonchev–Trinajstić information content (AvgIpc) is 2.88. The Balaban J connectivity index is 2.95. The van der Waals surface area contributed by atoms with Crippen molar-refractivity contribution in [3.05, 3.63) is 35.9 Å². The van der Waals surface area contributed by atoms with E-state index in [0.717, 1.165) is 5.56 Å². The van der Waals surface area contributed by atoms with Crippen LogP contribution in [0.2, 0.25) is 0 Å². The van der Waals surface area contributed by atoms with E-state index in [9.17, 15) is 29.1 Å². The van der Waals surface area contributed by atoms with Crippen molar-refractivity contribution < 1.29 is 34.2 Å². The second-order valence-corrected chi connectivity index (χ2v) is 9.80. The number of thioether (sulfide) groups is 1. The fraction of sp³-hybridized carbons (Fsp3) is 0.560. The first-order valence-corrected chi connectivity index (χ1v) is 13.8. The number of nitrogens with one attached hydrogen (secondary N) is 3. The molecule has 0 fully saturated rings. The van der Waals surface area contributed by atoms with Crippen molar-refractivity contribution in [1.82, 2.24) is 16.0 Å². The Hall–Kier alpha value is -3.16. The van der Waals surface area contributed by atoms with Crippen molar-refractivity contribution in [2.24, 2.45) is 11.5 Å².